The lowest BCUT2D eigenvalue weighted by Crippen LogP contribution is -2.48. The summed E-state index contributed by atoms with van der Waals surface area (Å²) in [5.41, 5.74) is 0.934. The second kappa shape index (κ2) is 7.26. The van der Waals surface area contributed by atoms with Crippen molar-refractivity contribution in [2.24, 2.45) is 0 Å². The first-order chi connectivity index (χ1) is 10.1. The van der Waals surface area contributed by atoms with Crippen LogP contribution in [0.25, 0.3) is 0 Å². The van der Waals surface area contributed by atoms with Crippen molar-refractivity contribution >= 4 is 11.7 Å². The van der Waals surface area contributed by atoms with Crippen molar-refractivity contribution in [3.05, 3.63) is 24.0 Å². The minimum absolute atomic E-state index is 0.186. The highest BCUT2D eigenvalue weighted by molar-refractivity contribution is 5.71. The highest BCUT2D eigenvalue weighted by Crippen LogP contribution is 2.25. The molecule has 0 N–H and O–H groups in total. The Morgan fingerprint density at radius 1 is 1.29 bits per heavy atom. The molecule has 1 aliphatic heterocycles. The Kier molecular flexibility index (Phi) is 5.38. The number of carbonyl (C=O) groups is 1. The SMILES string of the molecule is CCOC(=O)CN1CCN(c2ccc(F)c(OC)c2)CC1. The molecule has 0 unspecified atom stereocenters. The smallest absolute Gasteiger partial charge is 0.320 e. The number of hydrogen-bond acceptors (Lipinski definition) is 5. The molecule has 1 aromatic carbocycles. The Bertz CT molecular complexity index is 488. The van der Waals surface area contributed by atoms with Crippen molar-refractivity contribution in [2.75, 3.05) is 51.3 Å². The van der Waals surface area contributed by atoms with Crippen LogP contribution in [0, 0.1) is 5.82 Å². The van der Waals surface area contributed by atoms with E-state index in [1.165, 1.54) is 13.2 Å². The van der Waals surface area contributed by atoms with E-state index in [9.17, 15) is 9.18 Å². The van der Waals surface area contributed by atoms with E-state index < -0.39 is 0 Å². The number of rotatable bonds is 5. The standard InChI is InChI=1S/C15H21FN2O3/c1-3-21-15(19)11-17-6-8-18(9-7-17)12-4-5-13(16)14(10-12)20-2/h4-5,10H,3,6-9,11H2,1-2H3. The largest absolute Gasteiger partial charge is 0.494 e. The maximum Gasteiger partial charge on any atom is 0.320 e. The summed E-state index contributed by atoms with van der Waals surface area (Å²) in [6.45, 7) is 5.67. The molecule has 1 saturated heterocycles. The quantitative estimate of drug-likeness (QED) is 0.771. The Morgan fingerprint density at radius 2 is 2.00 bits per heavy atom. The van der Waals surface area contributed by atoms with Gasteiger partial charge in [0.15, 0.2) is 11.6 Å². The maximum absolute atomic E-state index is 13.4. The molecule has 0 spiro atoms. The highest BCUT2D eigenvalue weighted by atomic mass is 19.1. The van der Waals surface area contributed by atoms with E-state index in [0.717, 1.165) is 31.9 Å². The summed E-state index contributed by atoms with van der Waals surface area (Å²) in [4.78, 5) is 15.7. The summed E-state index contributed by atoms with van der Waals surface area (Å²) >= 11 is 0. The summed E-state index contributed by atoms with van der Waals surface area (Å²) in [5.74, 6) is -0.293. The average Bonchev–Trinajstić information content (AvgIpc) is 2.49. The molecule has 0 atom stereocenters. The van der Waals surface area contributed by atoms with Gasteiger partial charge in [-0.25, -0.2) is 4.39 Å². The van der Waals surface area contributed by atoms with Crippen LogP contribution in [0.1, 0.15) is 6.92 Å². The molecular weight excluding hydrogens is 275 g/mol. The molecule has 116 valence electrons. The van der Waals surface area contributed by atoms with Crippen LogP contribution in [-0.4, -0.2) is 57.3 Å². The van der Waals surface area contributed by atoms with Crippen LogP contribution in [-0.2, 0) is 9.53 Å². The van der Waals surface area contributed by atoms with Gasteiger partial charge in [-0.05, 0) is 19.1 Å². The van der Waals surface area contributed by atoms with Gasteiger partial charge in [0.05, 0.1) is 20.3 Å². The van der Waals surface area contributed by atoms with Crippen LogP contribution in [0.15, 0.2) is 18.2 Å². The van der Waals surface area contributed by atoms with Crippen molar-refractivity contribution in [3.63, 3.8) is 0 Å². The fourth-order valence-electron chi connectivity index (χ4n) is 2.40. The molecule has 1 aliphatic rings. The zero-order chi connectivity index (χ0) is 15.2. The molecule has 5 nitrogen and oxygen atoms in total. The van der Waals surface area contributed by atoms with Gasteiger partial charge in [-0.2, -0.15) is 0 Å². The first-order valence-corrected chi connectivity index (χ1v) is 7.10. The number of hydrogen-bond donors (Lipinski definition) is 0. The van der Waals surface area contributed by atoms with Crippen molar-refractivity contribution in [2.45, 2.75) is 6.92 Å². The van der Waals surface area contributed by atoms with Gasteiger partial charge in [0.25, 0.3) is 0 Å². The monoisotopic (exact) mass is 296 g/mol. The summed E-state index contributed by atoms with van der Waals surface area (Å²) in [7, 11) is 1.46. The third-order valence-corrected chi connectivity index (χ3v) is 3.53. The minimum atomic E-state index is -0.359. The van der Waals surface area contributed by atoms with E-state index in [1.54, 1.807) is 19.1 Å². The van der Waals surface area contributed by atoms with E-state index in [2.05, 4.69) is 9.80 Å². The van der Waals surface area contributed by atoms with E-state index >= 15 is 0 Å². The second-order valence-corrected chi connectivity index (χ2v) is 4.89. The van der Waals surface area contributed by atoms with Gasteiger partial charge in [0, 0.05) is 37.9 Å². The number of methoxy groups -OCH3 is 1. The average molecular weight is 296 g/mol. The Balaban J connectivity index is 1.90. The van der Waals surface area contributed by atoms with E-state index in [-0.39, 0.29) is 17.5 Å². The first-order valence-electron chi connectivity index (χ1n) is 7.10. The number of benzene rings is 1. The zero-order valence-corrected chi connectivity index (χ0v) is 12.5. The molecule has 0 aliphatic carbocycles. The van der Waals surface area contributed by atoms with Gasteiger partial charge in [-0.1, -0.05) is 0 Å². The molecule has 21 heavy (non-hydrogen) atoms. The molecule has 0 radical (unpaired) electrons. The predicted octanol–water partition coefficient (Wildman–Crippen LogP) is 1.52. The molecule has 6 heteroatoms. The molecule has 1 aromatic rings. The molecule has 0 saturated carbocycles. The number of esters is 1. The van der Waals surface area contributed by atoms with Crippen molar-refractivity contribution < 1.29 is 18.7 Å². The van der Waals surface area contributed by atoms with Crippen LogP contribution in [0.3, 0.4) is 0 Å². The van der Waals surface area contributed by atoms with Gasteiger partial charge >= 0.3 is 5.97 Å². The maximum atomic E-state index is 13.4. The summed E-state index contributed by atoms with van der Waals surface area (Å²) in [6, 6.07) is 4.87. The number of ether oxygens (including phenoxy) is 2. The molecule has 1 heterocycles. The van der Waals surface area contributed by atoms with E-state index in [4.69, 9.17) is 9.47 Å². The fourth-order valence-corrected chi connectivity index (χ4v) is 2.40. The topological polar surface area (TPSA) is 42.0 Å². The van der Waals surface area contributed by atoms with Crippen LogP contribution in [0.5, 0.6) is 5.75 Å². The first kappa shape index (κ1) is 15.6. The molecule has 0 aromatic heterocycles. The molecule has 2 rings (SSSR count). The fraction of sp³-hybridized carbons (Fsp3) is 0.533. The lowest BCUT2D eigenvalue weighted by atomic mass is 10.2. The Hall–Kier alpha value is -1.82. The Morgan fingerprint density at radius 3 is 2.62 bits per heavy atom. The number of anilines is 1. The van der Waals surface area contributed by atoms with Crippen LogP contribution >= 0.6 is 0 Å². The van der Waals surface area contributed by atoms with Gasteiger partial charge < -0.3 is 14.4 Å². The van der Waals surface area contributed by atoms with Crippen LogP contribution < -0.4 is 9.64 Å². The second-order valence-electron chi connectivity index (χ2n) is 4.89. The number of carbonyl (C=O) groups excluding carboxylic acids is 1. The summed E-state index contributed by atoms with van der Waals surface area (Å²) in [5, 5.41) is 0. The molecule has 1 fully saturated rings. The molecule has 0 bridgehead atoms. The Labute approximate surface area is 124 Å². The predicted molar refractivity (Wildman–Crippen MR) is 78.2 cm³/mol. The minimum Gasteiger partial charge on any atom is -0.494 e. The van der Waals surface area contributed by atoms with Crippen molar-refractivity contribution in [3.8, 4) is 5.75 Å². The van der Waals surface area contributed by atoms with Gasteiger partial charge in [-0.15, -0.1) is 0 Å². The number of piperazine rings is 1. The van der Waals surface area contributed by atoms with Gasteiger partial charge in [0.2, 0.25) is 0 Å². The number of nitrogens with zero attached hydrogens (tertiary/aromatic N) is 2. The van der Waals surface area contributed by atoms with Gasteiger partial charge in [-0.3, -0.25) is 9.69 Å². The van der Waals surface area contributed by atoms with E-state index in [1.807, 2.05) is 0 Å². The van der Waals surface area contributed by atoms with Crippen LogP contribution in [0.4, 0.5) is 10.1 Å². The lowest BCUT2D eigenvalue weighted by Gasteiger charge is -2.35. The summed E-state index contributed by atoms with van der Waals surface area (Å²) < 4.78 is 23.4. The highest BCUT2D eigenvalue weighted by Gasteiger charge is 2.20. The molecule has 0 amide bonds. The third kappa shape index (κ3) is 4.07. The summed E-state index contributed by atoms with van der Waals surface area (Å²) in [6.07, 6.45) is 0. The molecular formula is C15H21FN2O3. The zero-order valence-electron chi connectivity index (χ0n) is 12.5. The van der Waals surface area contributed by atoms with Gasteiger partial charge in [0.1, 0.15) is 0 Å². The third-order valence-electron chi connectivity index (χ3n) is 3.53. The van der Waals surface area contributed by atoms with Crippen molar-refractivity contribution in [1.82, 2.24) is 4.90 Å². The van der Waals surface area contributed by atoms with E-state index in [0.29, 0.717) is 13.2 Å². The van der Waals surface area contributed by atoms with Crippen LogP contribution in [0.2, 0.25) is 0 Å². The number of halogens is 1. The normalized spacial score (nSPS) is 15.9. The lowest BCUT2D eigenvalue weighted by molar-refractivity contribution is -0.144. The van der Waals surface area contributed by atoms with Crippen molar-refractivity contribution in [1.29, 1.82) is 0 Å².